The third-order valence-electron chi connectivity index (χ3n) is 5.06. The first kappa shape index (κ1) is 19.3. The number of rotatable bonds is 8. The summed E-state index contributed by atoms with van der Waals surface area (Å²) in [5, 5.41) is 3.24. The van der Waals surface area contributed by atoms with E-state index in [0.717, 1.165) is 23.2 Å². The SMILES string of the molecule is Cc1ccc(OCc2nc(CN3CCC(CCN(C)C)CC3)cs2)cc1. The third-order valence-corrected chi connectivity index (χ3v) is 5.93. The van der Waals surface area contributed by atoms with E-state index in [4.69, 9.17) is 9.72 Å². The minimum Gasteiger partial charge on any atom is -0.486 e. The molecule has 0 aliphatic carbocycles. The Balaban J connectivity index is 1.40. The highest BCUT2D eigenvalue weighted by molar-refractivity contribution is 7.09. The summed E-state index contributed by atoms with van der Waals surface area (Å²) in [5.74, 6) is 1.80. The molecular weight excluding hydrogens is 342 g/mol. The molecule has 26 heavy (non-hydrogen) atoms. The largest absolute Gasteiger partial charge is 0.486 e. The van der Waals surface area contributed by atoms with E-state index in [9.17, 15) is 0 Å². The van der Waals surface area contributed by atoms with Gasteiger partial charge in [-0.1, -0.05) is 17.7 Å². The van der Waals surface area contributed by atoms with E-state index in [2.05, 4.69) is 48.3 Å². The molecule has 0 unspecified atom stereocenters. The number of likely N-dealkylation sites (tertiary alicyclic amines) is 1. The number of hydrogen-bond donors (Lipinski definition) is 0. The minimum atomic E-state index is 0.556. The van der Waals surface area contributed by atoms with Crippen molar-refractivity contribution in [2.75, 3.05) is 33.7 Å². The van der Waals surface area contributed by atoms with Crippen LogP contribution in [0.3, 0.4) is 0 Å². The highest BCUT2D eigenvalue weighted by Gasteiger charge is 2.20. The van der Waals surface area contributed by atoms with Crippen LogP contribution in [0.4, 0.5) is 0 Å². The Labute approximate surface area is 161 Å². The maximum atomic E-state index is 5.84. The molecule has 0 atom stereocenters. The summed E-state index contributed by atoms with van der Waals surface area (Å²) in [6, 6.07) is 8.18. The van der Waals surface area contributed by atoms with Gasteiger partial charge < -0.3 is 9.64 Å². The summed E-state index contributed by atoms with van der Waals surface area (Å²) in [5.41, 5.74) is 2.43. The molecule has 0 amide bonds. The zero-order valence-electron chi connectivity index (χ0n) is 16.3. The van der Waals surface area contributed by atoms with Gasteiger partial charge in [0.2, 0.25) is 0 Å². The van der Waals surface area contributed by atoms with Gasteiger partial charge in [-0.3, -0.25) is 4.90 Å². The fourth-order valence-electron chi connectivity index (χ4n) is 3.37. The van der Waals surface area contributed by atoms with E-state index in [-0.39, 0.29) is 0 Å². The molecule has 2 aromatic rings. The van der Waals surface area contributed by atoms with Crippen molar-refractivity contribution >= 4 is 11.3 Å². The zero-order chi connectivity index (χ0) is 18.4. The van der Waals surface area contributed by atoms with Crippen LogP contribution in [-0.2, 0) is 13.2 Å². The Hall–Kier alpha value is -1.43. The molecule has 1 aromatic carbocycles. The maximum absolute atomic E-state index is 5.84. The molecule has 0 radical (unpaired) electrons. The summed E-state index contributed by atoms with van der Waals surface area (Å²) in [6.07, 6.45) is 3.97. The van der Waals surface area contributed by atoms with Crippen molar-refractivity contribution in [1.29, 1.82) is 0 Å². The van der Waals surface area contributed by atoms with Crippen molar-refractivity contribution in [3.8, 4) is 5.75 Å². The molecule has 0 N–H and O–H groups in total. The number of ether oxygens (including phenoxy) is 1. The van der Waals surface area contributed by atoms with Crippen LogP contribution in [0, 0.1) is 12.8 Å². The normalized spacial score (nSPS) is 16.3. The molecule has 1 fully saturated rings. The molecule has 0 spiro atoms. The molecule has 3 rings (SSSR count). The van der Waals surface area contributed by atoms with Gasteiger partial charge in [0.1, 0.15) is 17.4 Å². The van der Waals surface area contributed by atoms with Crippen LogP contribution in [0.5, 0.6) is 5.75 Å². The molecule has 1 aliphatic heterocycles. The summed E-state index contributed by atoms with van der Waals surface area (Å²) in [7, 11) is 4.33. The van der Waals surface area contributed by atoms with Crippen LogP contribution in [0.15, 0.2) is 29.6 Å². The summed E-state index contributed by atoms with van der Waals surface area (Å²) < 4.78 is 5.84. The standard InChI is InChI=1S/C21H31N3OS/c1-17-4-6-20(7-5-17)25-15-21-22-19(16-26-21)14-24-12-9-18(10-13-24)8-11-23(2)3/h4-7,16,18H,8-15H2,1-3H3. The van der Waals surface area contributed by atoms with Crippen LogP contribution in [-0.4, -0.2) is 48.5 Å². The van der Waals surface area contributed by atoms with E-state index in [0.29, 0.717) is 6.61 Å². The lowest BCUT2D eigenvalue weighted by Gasteiger charge is -2.32. The van der Waals surface area contributed by atoms with E-state index in [1.165, 1.54) is 50.2 Å². The Morgan fingerprint density at radius 1 is 1.19 bits per heavy atom. The summed E-state index contributed by atoms with van der Waals surface area (Å²) in [4.78, 5) is 9.60. The first-order valence-corrected chi connectivity index (χ1v) is 10.5. The van der Waals surface area contributed by atoms with Gasteiger partial charge in [-0.05, 0) is 78.0 Å². The molecule has 4 nitrogen and oxygen atoms in total. The second-order valence-corrected chi connectivity index (χ2v) is 8.59. The lowest BCUT2D eigenvalue weighted by atomic mass is 9.93. The number of aromatic nitrogens is 1. The summed E-state index contributed by atoms with van der Waals surface area (Å²) in [6.45, 7) is 7.22. The molecule has 5 heteroatoms. The van der Waals surface area contributed by atoms with Crippen LogP contribution in [0.1, 0.15) is 35.5 Å². The predicted octanol–water partition coefficient (Wildman–Crippen LogP) is 4.19. The molecule has 1 saturated heterocycles. The van der Waals surface area contributed by atoms with Gasteiger partial charge in [-0.2, -0.15) is 0 Å². The average molecular weight is 374 g/mol. The van der Waals surface area contributed by atoms with E-state index in [1.54, 1.807) is 11.3 Å². The topological polar surface area (TPSA) is 28.6 Å². The fraction of sp³-hybridized carbons (Fsp3) is 0.571. The second-order valence-electron chi connectivity index (χ2n) is 7.65. The molecule has 2 heterocycles. The second kappa shape index (κ2) is 9.49. The van der Waals surface area contributed by atoms with Crippen molar-refractivity contribution in [1.82, 2.24) is 14.8 Å². The van der Waals surface area contributed by atoms with E-state index >= 15 is 0 Å². The van der Waals surface area contributed by atoms with Crippen molar-refractivity contribution in [3.63, 3.8) is 0 Å². The lowest BCUT2D eigenvalue weighted by Crippen LogP contribution is -2.34. The van der Waals surface area contributed by atoms with Crippen molar-refractivity contribution < 1.29 is 4.74 Å². The van der Waals surface area contributed by atoms with Gasteiger partial charge in [-0.25, -0.2) is 4.98 Å². The van der Waals surface area contributed by atoms with Gasteiger partial charge in [0.05, 0.1) is 5.69 Å². The molecule has 1 aliphatic rings. The number of hydrogen-bond acceptors (Lipinski definition) is 5. The van der Waals surface area contributed by atoms with Gasteiger partial charge in [0.15, 0.2) is 0 Å². The predicted molar refractivity (Wildman–Crippen MR) is 109 cm³/mol. The molecule has 142 valence electrons. The fourth-order valence-corrected chi connectivity index (χ4v) is 4.07. The molecule has 0 saturated carbocycles. The average Bonchev–Trinajstić information content (AvgIpc) is 3.08. The number of nitrogens with zero attached hydrogens (tertiary/aromatic N) is 3. The Bertz CT molecular complexity index is 660. The molecular formula is C21H31N3OS. The van der Waals surface area contributed by atoms with Crippen molar-refractivity contribution in [3.05, 3.63) is 45.9 Å². The van der Waals surface area contributed by atoms with Gasteiger partial charge >= 0.3 is 0 Å². The van der Waals surface area contributed by atoms with Gasteiger partial charge in [0.25, 0.3) is 0 Å². The van der Waals surface area contributed by atoms with Crippen LogP contribution >= 0.6 is 11.3 Å². The van der Waals surface area contributed by atoms with Crippen molar-refractivity contribution in [2.24, 2.45) is 5.92 Å². The Morgan fingerprint density at radius 3 is 2.62 bits per heavy atom. The smallest absolute Gasteiger partial charge is 0.140 e. The monoisotopic (exact) mass is 373 g/mol. The van der Waals surface area contributed by atoms with Gasteiger partial charge in [-0.15, -0.1) is 11.3 Å². The van der Waals surface area contributed by atoms with Gasteiger partial charge in [0, 0.05) is 11.9 Å². The van der Waals surface area contributed by atoms with E-state index in [1.807, 2.05) is 12.1 Å². The van der Waals surface area contributed by atoms with Crippen molar-refractivity contribution in [2.45, 2.75) is 39.3 Å². The highest BCUT2D eigenvalue weighted by atomic mass is 32.1. The van der Waals surface area contributed by atoms with Crippen LogP contribution in [0.25, 0.3) is 0 Å². The molecule has 0 bridgehead atoms. The Kier molecular flexibility index (Phi) is 7.06. The Morgan fingerprint density at radius 2 is 1.92 bits per heavy atom. The maximum Gasteiger partial charge on any atom is 0.140 e. The number of thiazole rings is 1. The minimum absolute atomic E-state index is 0.556. The quantitative estimate of drug-likeness (QED) is 0.693. The number of aryl methyl sites for hydroxylation is 1. The first-order chi connectivity index (χ1) is 12.6. The summed E-state index contributed by atoms with van der Waals surface area (Å²) >= 11 is 1.70. The third kappa shape index (κ3) is 6.08. The molecule has 1 aromatic heterocycles. The number of benzene rings is 1. The number of piperidine rings is 1. The van der Waals surface area contributed by atoms with Crippen LogP contribution in [0.2, 0.25) is 0 Å². The highest BCUT2D eigenvalue weighted by Crippen LogP contribution is 2.23. The lowest BCUT2D eigenvalue weighted by molar-refractivity contribution is 0.164. The first-order valence-electron chi connectivity index (χ1n) is 9.58. The zero-order valence-corrected chi connectivity index (χ0v) is 17.1. The van der Waals surface area contributed by atoms with E-state index < -0.39 is 0 Å². The van der Waals surface area contributed by atoms with Crippen LogP contribution < -0.4 is 4.74 Å².